The Morgan fingerprint density at radius 3 is 2.90 bits per heavy atom. The van der Waals surface area contributed by atoms with Crippen LogP contribution in [0, 0.1) is 0 Å². The van der Waals surface area contributed by atoms with Crippen LogP contribution in [0.3, 0.4) is 0 Å². The fraction of sp³-hybridized carbons (Fsp3) is 0.0714. The second kappa shape index (κ2) is 5.30. The standard InChI is InChI=1S/C14H11ClN4O/c15-10-3-4-11(12(16)7-10)14-18-13(19-20-14)6-9-2-1-5-17-8-9/h1-5,7-8H,6,16H2. The van der Waals surface area contributed by atoms with E-state index in [1.807, 2.05) is 12.1 Å². The molecule has 0 radical (unpaired) electrons. The fourth-order valence-electron chi connectivity index (χ4n) is 1.85. The minimum absolute atomic E-state index is 0.387. The van der Waals surface area contributed by atoms with Gasteiger partial charge in [-0.25, -0.2) is 0 Å². The largest absolute Gasteiger partial charge is 0.398 e. The maximum Gasteiger partial charge on any atom is 0.260 e. The molecule has 0 aliphatic rings. The quantitative estimate of drug-likeness (QED) is 0.749. The number of hydrogen-bond acceptors (Lipinski definition) is 5. The minimum Gasteiger partial charge on any atom is -0.398 e. The van der Waals surface area contributed by atoms with E-state index < -0.39 is 0 Å². The third-order valence-corrected chi connectivity index (χ3v) is 3.03. The highest BCUT2D eigenvalue weighted by atomic mass is 35.5. The fourth-order valence-corrected chi connectivity index (χ4v) is 2.03. The van der Waals surface area contributed by atoms with Crippen LogP contribution >= 0.6 is 11.6 Å². The Hall–Kier alpha value is -2.40. The van der Waals surface area contributed by atoms with E-state index in [1.165, 1.54) is 0 Å². The van der Waals surface area contributed by atoms with E-state index in [2.05, 4.69) is 15.1 Å². The highest BCUT2D eigenvalue weighted by Gasteiger charge is 2.12. The Morgan fingerprint density at radius 2 is 2.15 bits per heavy atom. The third kappa shape index (κ3) is 2.62. The zero-order chi connectivity index (χ0) is 13.9. The number of anilines is 1. The van der Waals surface area contributed by atoms with Crippen molar-refractivity contribution in [1.82, 2.24) is 15.1 Å². The van der Waals surface area contributed by atoms with Gasteiger partial charge in [-0.05, 0) is 29.8 Å². The van der Waals surface area contributed by atoms with Gasteiger partial charge >= 0.3 is 0 Å². The molecule has 5 nitrogen and oxygen atoms in total. The maximum absolute atomic E-state index is 5.89. The van der Waals surface area contributed by atoms with Crippen LogP contribution < -0.4 is 5.73 Å². The van der Waals surface area contributed by atoms with Crippen molar-refractivity contribution in [1.29, 1.82) is 0 Å². The van der Waals surface area contributed by atoms with Crippen molar-refractivity contribution in [3.63, 3.8) is 0 Å². The van der Waals surface area contributed by atoms with Gasteiger partial charge in [-0.3, -0.25) is 4.98 Å². The van der Waals surface area contributed by atoms with E-state index in [-0.39, 0.29) is 0 Å². The molecule has 0 bridgehead atoms. The Balaban J connectivity index is 1.87. The van der Waals surface area contributed by atoms with Crippen molar-refractivity contribution in [2.24, 2.45) is 0 Å². The summed E-state index contributed by atoms with van der Waals surface area (Å²) in [5.41, 5.74) is 8.10. The molecule has 0 atom stereocenters. The molecule has 20 heavy (non-hydrogen) atoms. The monoisotopic (exact) mass is 286 g/mol. The lowest BCUT2D eigenvalue weighted by Crippen LogP contribution is -1.92. The number of rotatable bonds is 3. The lowest BCUT2D eigenvalue weighted by molar-refractivity contribution is 0.424. The molecule has 2 N–H and O–H groups in total. The van der Waals surface area contributed by atoms with Gasteiger partial charge in [0.2, 0.25) is 0 Å². The Kier molecular flexibility index (Phi) is 3.35. The van der Waals surface area contributed by atoms with Gasteiger partial charge < -0.3 is 10.3 Å². The van der Waals surface area contributed by atoms with Crippen LogP contribution in [-0.4, -0.2) is 15.1 Å². The molecule has 0 saturated heterocycles. The van der Waals surface area contributed by atoms with Crippen LogP contribution in [0.25, 0.3) is 11.5 Å². The minimum atomic E-state index is 0.387. The van der Waals surface area contributed by atoms with E-state index in [9.17, 15) is 0 Å². The van der Waals surface area contributed by atoms with Crippen LogP contribution in [0.5, 0.6) is 0 Å². The highest BCUT2D eigenvalue weighted by Crippen LogP contribution is 2.27. The number of pyridine rings is 1. The van der Waals surface area contributed by atoms with Crippen molar-refractivity contribution in [3.05, 3.63) is 59.1 Å². The summed E-state index contributed by atoms with van der Waals surface area (Å²) in [6.07, 6.45) is 4.05. The smallest absolute Gasteiger partial charge is 0.260 e. The summed E-state index contributed by atoms with van der Waals surface area (Å²) >= 11 is 5.86. The van der Waals surface area contributed by atoms with E-state index in [0.717, 1.165) is 5.56 Å². The normalized spacial score (nSPS) is 10.7. The van der Waals surface area contributed by atoms with Crippen molar-refractivity contribution in [2.45, 2.75) is 6.42 Å². The molecule has 0 amide bonds. The Labute approximate surface area is 120 Å². The number of aromatic nitrogens is 3. The summed E-state index contributed by atoms with van der Waals surface area (Å²) in [5.74, 6) is 0.973. The van der Waals surface area contributed by atoms with Gasteiger partial charge in [0, 0.05) is 29.5 Å². The van der Waals surface area contributed by atoms with Crippen molar-refractivity contribution < 1.29 is 4.52 Å². The molecular weight excluding hydrogens is 276 g/mol. The lowest BCUT2D eigenvalue weighted by atomic mass is 10.2. The molecule has 0 aliphatic heterocycles. The molecule has 2 heterocycles. The second-order valence-corrected chi connectivity index (χ2v) is 4.72. The molecule has 6 heteroatoms. The van der Waals surface area contributed by atoms with E-state index in [0.29, 0.717) is 34.4 Å². The van der Waals surface area contributed by atoms with Crippen LogP contribution in [0.15, 0.2) is 47.2 Å². The van der Waals surface area contributed by atoms with Crippen LogP contribution in [-0.2, 0) is 6.42 Å². The Bertz CT molecular complexity index is 727. The van der Waals surface area contributed by atoms with E-state index >= 15 is 0 Å². The lowest BCUT2D eigenvalue weighted by Gasteiger charge is -2.00. The predicted octanol–water partition coefficient (Wildman–Crippen LogP) is 2.96. The first-order valence-electron chi connectivity index (χ1n) is 5.99. The number of nitrogens with two attached hydrogens (primary N) is 1. The number of hydrogen-bond donors (Lipinski definition) is 1. The number of nitrogens with zero attached hydrogens (tertiary/aromatic N) is 3. The summed E-state index contributed by atoms with van der Waals surface area (Å²) in [4.78, 5) is 8.39. The molecular formula is C14H11ClN4O. The van der Waals surface area contributed by atoms with Crippen molar-refractivity contribution in [2.75, 3.05) is 5.73 Å². The summed E-state index contributed by atoms with van der Waals surface area (Å²) < 4.78 is 5.24. The van der Waals surface area contributed by atoms with Gasteiger partial charge in [0.15, 0.2) is 5.82 Å². The van der Waals surface area contributed by atoms with Gasteiger partial charge in [-0.15, -0.1) is 0 Å². The summed E-state index contributed by atoms with van der Waals surface area (Å²) in [6.45, 7) is 0. The SMILES string of the molecule is Nc1cc(Cl)ccc1-c1nc(Cc2cccnc2)no1. The maximum atomic E-state index is 5.89. The molecule has 1 aromatic carbocycles. The van der Waals surface area contributed by atoms with Gasteiger partial charge in [-0.2, -0.15) is 4.98 Å². The molecule has 2 aromatic heterocycles. The molecule has 0 unspecified atom stereocenters. The zero-order valence-corrected chi connectivity index (χ0v) is 11.2. The molecule has 0 saturated carbocycles. The van der Waals surface area contributed by atoms with Gasteiger partial charge in [0.1, 0.15) is 0 Å². The molecule has 0 fully saturated rings. The highest BCUT2D eigenvalue weighted by molar-refractivity contribution is 6.31. The predicted molar refractivity (Wildman–Crippen MR) is 76.2 cm³/mol. The average Bonchev–Trinajstić information content (AvgIpc) is 2.88. The first-order valence-corrected chi connectivity index (χ1v) is 6.37. The molecule has 0 aliphatic carbocycles. The van der Waals surface area contributed by atoms with E-state index in [1.54, 1.807) is 30.6 Å². The second-order valence-electron chi connectivity index (χ2n) is 4.29. The molecule has 0 spiro atoms. The van der Waals surface area contributed by atoms with Crippen LogP contribution in [0.1, 0.15) is 11.4 Å². The topological polar surface area (TPSA) is 77.8 Å². The van der Waals surface area contributed by atoms with Crippen LogP contribution in [0.2, 0.25) is 5.02 Å². The number of benzene rings is 1. The van der Waals surface area contributed by atoms with Gasteiger partial charge in [0.05, 0.1) is 5.56 Å². The van der Waals surface area contributed by atoms with Crippen molar-refractivity contribution in [3.8, 4) is 11.5 Å². The van der Waals surface area contributed by atoms with Crippen LogP contribution in [0.4, 0.5) is 5.69 Å². The van der Waals surface area contributed by atoms with Gasteiger partial charge in [-0.1, -0.05) is 22.8 Å². The average molecular weight is 287 g/mol. The molecule has 3 rings (SSSR count). The number of halogens is 1. The zero-order valence-electron chi connectivity index (χ0n) is 10.5. The first-order chi connectivity index (χ1) is 9.72. The summed E-state index contributed by atoms with van der Waals surface area (Å²) in [5, 5.41) is 4.52. The van der Waals surface area contributed by atoms with Gasteiger partial charge in [0.25, 0.3) is 5.89 Å². The first kappa shape index (κ1) is 12.6. The molecule has 100 valence electrons. The summed E-state index contributed by atoms with van der Waals surface area (Å²) in [6, 6.07) is 8.98. The molecule has 3 aromatic rings. The third-order valence-electron chi connectivity index (χ3n) is 2.80. The van der Waals surface area contributed by atoms with Crippen molar-refractivity contribution >= 4 is 17.3 Å². The Morgan fingerprint density at radius 1 is 1.25 bits per heavy atom. The van der Waals surface area contributed by atoms with E-state index in [4.69, 9.17) is 21.9 Å². The summed E-state index contributed by atoms with van der Waals surface area (Å²) in [7, 11) is 0. The number of nitrogen functional groups attached to an aromatic ring is 1.